The van der Waals surface area contributed by atoms with Gasteiger partial charge in [-0.1, -0.05) is 17.7 Å². The van der Waals surface area contributed by atoms with Crippen LogP contribution in [0.2, 0.25) is 5.02 Å². The average Bonchev–Trinajstić information content (AvgIpc) is 2.85. The molecule has 0 aliphatic carbocycles. The number of hydrogen-bond donors (Lipinski definition) is 1. The predicted molar refractivity (Wildman–Crippen MR) is 129 cm³/mol. The van der Waals surface area contributed by atoms with Gasteiger partial charge in [0.2, 0.25) is 0 Å². The summed E-state index contributed by atoms with van der Waals surface area (Å²) >= 11 is 6.16. The molecule has 0 bridgehead atoms. The summed E-state index contributed by atoms with van der Waals surface area (Å²) < 4.78 is 5.45. The lowest BCUT2D eigenvalue weighted by Gasteiger charge is -2.27. The average molecular weight is 464 g/mol. The third kappa shape index (κ3) is 4.70. The van der Waals surface area contributed by atoms with Crippen LogP contribution >= 0.6 is 11.6 Å². The second-order valence-electron chi connectivity index (χ2n) is 8.48. The van der Waals surface area contributed by atoms with Crippen molar-refractivity contribution in [2.45, 2.75) is 38.8 Å². The smallest absolute Gasteiger partial charge is 0.255 e. The van der Waals surface area contributed by atoms with Crippen molar-refractivity contribution in [3.8, 4) is 17.0 Å². The van der Waals surface area contributed by atoms with Gasteiger partial charge in [0.15, 0.2) is 5.82 Å². The van der Waals surface area contributed by atoms with Crippen molar-refractivity contribution in [2.75, 3.05) is 20.2 Å². The van der Waals surface area contributed by atoms with E-state index in [0.29, 0.717) is 23.9 Å². The van der Waals surface area contributed by atoms with E-state index >= 15 is 0 Å². The summed E-state index contributed by atoms with van der Waals surface area (Å²) in [5.41, 5.74) is 5.30. The summed E-state index contributed by atoms with van der Waals surface area (Å²) in [6.07, 6.45) is 5.72. The summed E-state index contributed by atoms with van der Waals surface area (Å²) in [5, 5.41) is 0.640. The Balaban J connectivity index is 1.31. The molecule has 0 saturated carbocycles. The number of H-pyrrole nitrogens is 1. The Hall–Kier alpha value is -3.03. The van der Waals surface area contributed by atoms with Gasteiger partial charge in [0.25, 0.3) is 5.56 Å². The molecule has 3 aromatic rings. The minimum absolute atomic E-state index is 0.0468. The molecule has 33 heavy (non-hydrogen) atoms. The molecule has 1 aromatic carbocycles. The summed E-state index contributed by atoms with van der Waals surface area (Å²) in [6.45, 7) is 2.96. The van der Waals surface area contributed by atoms with Crippen LogP contribution in [0.4, 0.5) is 0 Å². The highest BCUT2D eigenvalue weighted by Gasteiger charge is 2.23. The van der Waals surface area contributed by atoms with Crippen molar-refractivity contribution in [1.29, 1.82) is 0 Å². The van der Waals surface area contributed by atoms with Gasteiger partial charge in [-0.05, 0) is 49.1 Å². The maximum Gasteiger partial charge on any atom is 0.255 e. The normalized spacial score (nSPS) is 16.2. The molecule has 170 valence electrons. The molecular weight excluding hydrogens is 438 g/mol. The number of rotatable bonds is 5. The van der Waals surface area contributed by atoms with E-state index < -0.39 is 0 Å². The van der Waals surface area contributed by atoms with Crippen molar-refractivity contribution in [2.24, 2.45) is 4.99 Å². The monoisotopic (exact) mass is 463 g/mol. The molecule has 0 radical (unpaired) electrons. The first-order valence-electron chi connectivity index (χ1n) is 11.3. The highest BCUT2D eigenvalue weighted by Crippen LogP contribution is 2.31. The Morgan fingerprint density at radius 2 is 2.09 bits per heavy atom. The molecule has 1 N–H and O–H groups in total. The molecule has 0 unspecified atom stereocenters. The Labute approximate surface area is 197 Å². The largest absolute Gasteiger partial charge is 0.496 e. The topological polar surface area (TPSA) is 83.5 Å². The number of pyridine rings is 1. The van der Waals surface area contributed by atoms with Crippen molar-refractivity contribution < 1.29 is 4.74 Å². The Bertz CT molecular complexity index is 1250. The fraction of sp³-hybridized carbons (Fsp3) is 0.360. The molecule has 7 nitrogen and oxygen atoms in total. The minimum atomic E-state index is -0.0468. The van der Waals surface area contributed by atoms with Gasteiger partial charge in [-0.2, -0.15) is 0 Å². The van der Waals surface area contributed by atoms with Crippen molar-refractivity contribution in [3.05, 3.63) is 74.6 Å². The summed E-state index contributed by atoms with van der Waals surface area (Å²) in [5.74, 6) is 1.39. The van der Waals surface area contributed by atoms with Crippen LogP contribution < -0.4 is 10.3 Å². The SMILES string of the molecule is COc1ccc(Cl)cc1-c1ccc(CN2CCc3nc(C4=NCCCC4)[nH]c(=O)c3C2)cn1. The highest BCUT2D eigenvalue weighted by atomic mass is 35.5. The molecule has 5 rings (SSSR count). The number of halogens is 1. The standard InChI is InChI=1S/C25H26ClN5O2/c1-33-23-8-6-17(26)12-18(23)20-7-5-16(13-28-20)14-31-11-9-21-19(15-31)25(32)30-24(29-21)22-4-2-3-10-27-22/h5-8,12-13H,2-4,9-11,14-15H2,1H3,(H,29,30,32). The second-order valence-corrected chi connectivity index (χ2v) is 8.92. The van der Waals surface area contributed by atoms with Crippen LogP contribution in [0.3, 0.4) is 0 Å². The number of hydrogen-bond acceptors (Lipinski definition) is 6. The first kappa shape index (κ1) is 21.8. The number of methoxy groups -OCH3 is 1. The molecule has 2 aliphatic heterocycles. The van der Waals surface area contributed by atoms with E-state index in [9.17, 15) is 4.79 Å². The lowest BCUT2D eigenvalue weighted by molar-refractivity contribution is 0.241. The molecule has 2 aromatic heterocycles. The number of aromatic nitrogens is 3. The fourth-order valence-corrected chi connectivity index (χ4v) is 4.63. The van der Waals surface area contributed by atoms with Gasteiger partial charge in [0.05, 0.1) is 29.8 Å². The van der Waals surface area contributed by atoms with E-state index in [4.69, 9.17) is 21.3 Å². The van der Waals surface area contributed by atoms with Crippen LogP contribution in [-0.4, -0.2) is 45.8 Å². The quantitative estimate of drug-likeness (QED) is 0.617. The summed E-state index contributed by atoms with van der Waals surface area (Å²) in [7, 11) is 1.64. The van der Waals surface area contributed by atoms with Gasteiger partial charge in [0, 0.05) is 49.4 Å². The maximum absolute atomic E-state index is 12.8. The molecule has 0 amide bonds. The Morgan fingerprint density at radius 1 is 1.18 bits per heavy atom. The number of ether oxygens (including phenoxy) is 1. The zero-order valence-electron chi connectivity index (χ0n) is 18.6. The zero-order valence-corrected chi connectivity index (χ0v) is 19.4. The molecule has 0 atom stereocenters. The maximum atomic E-state index is 12.8. The van der Waals surface area contributed by atoms with E-state index in [1.165, 1.54) is 0 Å². The molecule has 8 heteroatoms. The predicted octanol–water partition coefficient (Wildman–Crippen LogP) is 4.03. The van der Waals surface area contributed by atoms with Crippen LogP contribution in [0.15, 0.2) is 46.3 Å². The van der Waals surface area contributed by atoms with Gasteiger partial charge in [-0.25, -0.2) is 4.98 Å². The fourth-order valence-electron chi connectivity index (χ4n) is 4.46. The van der Waals surface area contributed by atoms with Crippen LogP contribution in [-0.2, 0) is 19.5 Å². The van der Waals surface area contributed by atoms with Crippen LogP contribution in [0.25, 0.3) is 11.3 Å². The number of aromatic amines is 1. The molecule has 2 aliphatic rings. The molecular formula is C25H26ClN5O2. The molecule has 4 heterocycles. The van der Waals surface area contributed by atoms with Gasteiger partial charge in [-0.15, -0.1) is 0 Å². The third-order valence-corrected chi connectivity index (χ3v) is 6.45. The number of fused-ring (bicyclic) bond motifs is 1. The van der Waals surface area contributed by atoms with Gasteiger partial charge < -0.3 is 9.72 Å². The van der Waals surface area contributed by atoms with Crippen LogP contribution in [0.5, 0.6) is 5.75 Å². The summed E-state index contributed by atoms with van der Waals surface area (Å²) in [6, 6.07) is 9.54. The van der Waals surface area contributed by atoms with Gasteiger partial charge in [0.1, 0.15) is 5.75 Å². The second kappa shape index (κ2) is 9.45. The lowest BCUT2D eigenvalue weighted by Crippen LogP contribution is -2.36. The zero-order chi connectivity index (χ0) is 22.8. The summed E-state index contributed by atoms with van der Waals surface area (Å²) in [4.78, 5) is 32.0. The Morgan fingerprint density at radius 3 is 2.85 bits per heavy atom. The van der Waals surface area contributed by atoms with E-state index in [1.54, 1.807) is 13.2 Å². The van der Waals surface area contributed by atoms with Crippen LogP contribution in [0, 0.1) is 0 Å². The highest BCUT2D eigenvalue weighted by molar-refractivity contribution is 6.30. The lowest BCUT2D eigenvalue weighted by atomic mass is 10.0. The minimum Gasteiger partial charge on any atom is -0.496 e. The number of benzene rings is 1. The van der Waals surface area contributed by atoms with Gasteiger partial charge >= 0.3 is 0 Å². The van der Waals surface area contributed by atoms with E-state index in [-0.39, 0.29) is 5.56 Å². The Kier molecular flexibility index (Phi) is 6.24. The number of nitrogens with one attached hydrogen (secondary N) is 1. The van der Waals surface area contributed by atoms with Crippen molar-refractivity contribution >= 4 is 17.3 Å². The molecule has 0 spiro atoms. The van der Waals surface area contributed by atoms with Crippen LogP contribution in [0.1, 0.15) is 41.9 Å². The first-order chi connectivity index (χ1) is 16.1. The number of nitrogens with zero attached hydrogens (tertiary/aromatic N) is 4. The number of aliphatic imine (C=N–C) groups is 1. The van der Waals surface area contributed by atoms with Gasteiger partial charge in [-0.3, -0.25) is 19.7 Å². The molecule has 0 saturated heterocycles. The van der Waals surface area contributed by atoms with E-state index in [2.05, 4.69) is 25.9 Å². The molecule has 0 fully saturated rings. The first-order valence-corrected chi connectivity index (χ1v) is 11.7. The van der Waals surface area contributed by atoms with Crippen molar-refractivity contribution in [1.82, 2.24) is 19.9 Å². The van der Waals surface area contributed by atoms with E-state index in [0.717, 1.165) is 78.3 Å². The van der Waals surface area contributed by atoms with Crippen molar-refractivity contribution in [3.63, 3.8) is 0 Å². The third-order valence-electron chi connectivity index (χ3n) is 6.21. The van der Waals surface area contributed by atoms with E-state index in [1.807, 2.05) is 24.4 Å².